The molecule has 0 unspecified atom stereocenters. The van der Waals surface area contributed by atoms with Crippen LogP contribution in [0.1, 0.15) is 27.2 Å². The molecule has 0 bridgehead atoms. The lowest BCUT2D eigenvalue weighted by atomic mass is 10.5. The van der Waals surface area contributed by atoms with E-state index < -0.39 is 8.32 Å². The van der Waals surface area contributed by atoms with Crippen LogP contribution in [-0.2, 0) is 4.43 Å². The Kier molecular flexibility index (Phi) is 6.57. The SMILES string of the molecule is CCCO[Si](CC)(CC)CBr. The molecule has 0 saturated heterocycles. The van der Waals surface area contributed by atoms with E-state index in [1.54, 1.807) is 0 Å². The zero-order valence-corrected chi connectivity index (χ0v) is 10.4. The van der Waals surface area contributed by atoms with Crippen molar-refractivity contribution in [3.05, 3.63) is 0 Å². The average molecular weight is 239 g/mol. The van der Waals surface area contributed by atoms with E-state index in [-0.39, 0.29) is 0 Å². The van der Waals surface area contributed by atoms with Gasteiger partial charge in [-0.05, 0) is 18.5 Å². The Morgan fingerprint density at radius 3 is 2.00 bits per heavy atom. The van der Waals surface area contributed by atoms with Crippen LogP contribution >= 0.6 is 15.9 Å². The van der Waals surface area contributed by atoms with E-state index in [2.05, 4.69) is 36.7 Å². The molecule has 0 aliphatic carbocycles. The molecule has 0 aromatic heterocycles. The van der Waals surface area contributed by atoms with Crippen molar-refractivity contribution in [2.75, 3.05) is 11.6 Å². The molecule has 0 heterocycles. The summed E-state index contributed by atoms with van der Waals surface area (Å²) in [4.78, 5) is 1.09. The number of alkyl halides is 1. The van der Waals surface area contributed by atoms with Crippen LogP contribution in [-0.4, -0.2) is 19.9 Å². The zero-order chi connectivity index (χ0) is 8.74. The first-order valence-electron chi connectivity index (χ1n) is 4.44. The average Bonchev–Trinajstić information content (AvgIpc) is 2.08. The zero-order valence-electron chi connectivity index (χ0n) is 7.82. The van der Waals surface area contributed by atoms with Gasteiger partial charge in [0.25, 0.3) is 0 Å². The van der Waals surface area contributed by atoms with Gasteiger partial charge in [0.15, 0.2) is 0 Å². The van der Waals surface area contributed by atoms with Crippen molar-refractivity contribution in [2.24, 2.45) is 0 Å². The molecular weight excluding hydrogens is 220 g/mol. The maximum Gasteiger partial charge on any atom is 0.202 e. The molecule has 0 fully saturated rings. The molecule has 68 valence electrons. The summed E-state index contributed by atoms with van der Waals surface area (Å²) in [5.74, 6) is 0. The van der Waals surface area contributed by atoms with Crippen LogP contribution < -0.4 is 0 Å². The highest BCUT2D eigenvalue weighted by molar-refractivity contribution is 9.09. The number of hydrogen-bond acceptors (Lipinski definition) is 1. The Morgan fingerprint density at radius 1 is 1.18 bits per heavy atom. The van der Waals surface area contributed by atoms with Gasteiger partial charge in [-0.3, -0.25) is 0 Å². The summed E-state index contributed by atoms with van der Waals surface area (Å²) in [7, 11) is -1.32. The van der Waals surface area contributed by atoms with Gasteiger partial charge in [0.05, 0.1) is 0 Å². The van der Waals surface area contributed by atoms with Gasteiger partial charge in [-0.15, -0.1) is 0 Å². The fourth-order valence-corrected chi connectivity index (χ4v) is 5.87. The first kappa shape index (κ1) is 11.7. The number of rotatable bonds is 6. The van der Waals surface area contributed by atoms with Gasteiger partial charge >= 0.3 is 0 Å². The quantitative estimate of drug-likeness (QED) is 0.510. The summed E-state index contributed by atoms with van der Waals surface area (Å²) in [6.07, 6.45) is 1.14. The first-order valence-corrected chi connectivity index (χ1v) is 8.09. The minimum absolute atomic E-state index is 0.944. The van der Waals surface area contributed by atoms with Gasteiger partial charge in [-0.2, -0.15) is 0 Å². The third kappa shape index (κ3) is 3.72. The second kappa shape index (κ2) is 6.20. The van der Waals surface area contributed by atoms with Crippen LogP contribution in [0.15, 0.2) is 0 Å². The van der Waals surface area contributed by atoms with Gasteiger partial charge in [-0.1, -0.05) is 36.7 Å². The Morgan fingerprint density at radius 2 is 1.73 bits per heavy atom. The predicted octanol–water partition coefficient (Wildman–Crippen LogP) is 3.33. The Bertz CT molecular complexity index is 85.8. The largest absolute Gasteiger partial charge is 0.416 e. The van der Waals surface area contributed by atoms with E-state index >= 15 is 0 Å². The summed E-state index contributed by atoms with van der Waals surface area (Å²) in [5.41, 5.74) is 0. The van der Waals surface area contributed by atoms with Crippen molar-refractivity contribution < 1.29 is 4.43 Å². The smallest absolute Gasteiger partial charge is 0.202 e. The molecule has 3 heteroatoms. The van der Waals surface area contributed by atoms with E-state index in [1.165, 1.54) is 12.1 Å². The van der Waals surface area contributed by atoms with E-state index in [1.807, 2.05) is 0 Å². The Labute approximate surface area is 79.8 Å². The summed E-state index contributed by atoms with van der Waals surface area (Å²) in [6.45, 7) is 7.59. The third-order valence-corrected chi connectivity index (χ3v) is 9.09. The molecule has 0 spiro atoms. The second-order valence-electron chi connectivity index (χ2n) is 2.87. The van der Waals surface area contributed by atoms with E-state index in [9.17, 15) is 0 Å². The summed E-state index contributed by atoms with van der Waals surface area (Å²) >= 11 is 3.56. The normalized spacial score (nSPS) is 12.0. The van der Waals surface area contributed by atoms with E-state index in [0.29, 0.717) is 0 Å². The highest BCUT2D eigenvalue weighted by Gasteiger charge is 2.28. The molecule has 1 nitrogen and oxygen atoms in total. The summed E-state index contributed by atoms with van der Waals surface area (Å²) in [6, 6.07) is 2.46. The lowest BCUT2D eigenvalue weighted by Gasteiger charge is -2.26. The molecular formula is C8H19BrOSi. The van der Waals surface area contributed by atoms with Crippen molar-refractivity contribution in [3.8, 4) is 0 Å². The lowest BCUT2D eigenvalue weighted by molar-refractivity contribution is 0.303. The molecule has 11 heavy (non-hydrogen) atoms. The van der Waals surface area contributed by atoms with E-state index in [0.717, 1.165) is 18.0 Å². The highest BCUT2D eigenvalue weighted by Crippen LogP contribution is 2.19. The fourth-order valence-electron chi connectivity index (χ4n) is 1.00. The predicted molar refractivity (Wildman–Crippen MR) is 56.8 cm³/mol. The second-order valence-corrected chi connectivity index (χ2v) is 8.89. The maximum absolute atomic E-state index is 5.92. The molecule has 0 aromatic carbocycles. The van der Waals surface area contributed by atoms with Gasteiger partial charge < -0.3 is 4.43 Å². The minimum atomic E-state index is -1.32. The number of halogens is 1. The Hall–Kier alpha value is 0.657. The van der Waals surface area contributed by atoms with Gasteiger partial charge in [0.2, 0.25) is 8.32 Å². The minimum Gasteiger partial charge on any atom is -0.416 e. The summed E-state index contributed by atoms with van der Waals surface area (Å²) in [5, 5.41) is 0. The topological polar surface area (TPSA) is 9.23 Å². The van der Waals surface area contributed by atoms with Crippen LogP contribution in [0.5, 0.6) is 0 Å². The monoisotopic (exact) mass is 238 g/mol. The van der Waals surface area contributed by atoms with Crippen LogP contribution in [0.2, 0.25) is 12.1 Å². The van der Waals surface area contributed by atoms with Crippen molar-refractivity contribution in [1.82, 2.24) is 0 Å². The molecule has 0 amide bonds. The Balaban J connectivity index is 3.84. The van der Waals surface area contributed by atoms with Gasteiger partial charge in [-0.25, -0.2) is 0 Å². The molecule has 0 radical (unpaired) electrons. The molecule has 0 atom stereocenters. The molecule has 0 saturated carbocycles. The molecule has 0 rings (SSSR count). The van der Waals surface area contributed by atoms with Gasteiger partial charge in [0, 0.05) is 11.6 Å². The van der Waals surface area contributed by atoms with Crippen molar-refractivity contribution in [2.45, 2.75) is 39.3 Å². The van der Waals surface area contributed by atoms with Crippen molar-refractivity contribution in [3.63, 3.8) is 0 Å². The fraction of sp³-hybridized carbons (Fsp3) is 1.00. The van der Waals surface area contributed by atoms with Crippen LogP contribution in [0, 0.1) is 0 Å². The molecule has 0 aliphatic heterocycles. The van der Waals surface area contributed by atoms with Crippen molar-refractivity contribution in [1.29, 1.82) is 0 Å². The van der Waals surface area contributed by atoms with Gasteiger partial charge in [0.1, 0.15) is 0 Å². The van der Waals surface area contributed by atoms with Crippen LogP contribution in [0.4, 0.5) is 0 Å². The standard InChI is InChI=1S/C8H19BrOSi/c1-4-7-10-11(5-2,6-3)8-9/h4-8H2,1-3H3. The first-order chi connectivity index (χ1) is 5.24. The molecule has 0 aliphatic rings. The highest BCUT2D eigenvalue weighted by atomic mass is 79.9. The van der Waals surface area contributed by atoms with Crippen molar-refractivity contribution >= 4 is 24.2 Å². The molecule has 0 aromatic rings. The van der Waals surface area contributed by atoms with Crippen LogP contribution in [0.3, 0.4) is 0 Å². The molecule has 0 N–H and O–H groups in total. The van der Waals surface area contributed by atoms with E-state index in [4.69, 9.17) is 4.43 Å². The lowest BCUT2D eigenvalue weighted by Crippen LogP contribution is -2.39. The third-order valence-electron chi connectivity index (χ3n) is 2.14. The maximum atomic E-state index is 5.92. The summed E-state index contributed by atoms with van der Waals surface area (Å²) < 4.78 is 5.92. The van der Waals surface area contributed by atoms with Crippen LogP contribution in [0.25, 0.3) is 0 Å². The number of hydrogen-bond donors (Lipinski definition) is 0.